The van der Waals surface area contributed by atoms with Gasteiger partial charge in [0, 0.05) is 3.57 Å². The third kappa shape index (κ3) is 7.82. The third-order valence-electron chi connectivity index (χ3n) is 7.02. The molecule has 0 heterocycles. The Labute approximate surface area is 260 Å². The fraction of sp³-hybridized carbons (Fsp3) is 0.636. The first-order valence-electron chi connectivity index (χ1n) is 11.4. The van der Waals surface area contributed by atoms with E-state index in [0.717, 1.165) is 10.7 Å². The largest absolute Gasteiger partial charge is 0.748 e. The molecule has 4 atom stereocenters. The van der Waals surface area contributed by atoms with Crippen LogP contribution in [-0.2, 0) is 24.4 Å². The quantitative estimate of drug-likeness (QED) is 0.110. The summed E-state index contributed by atoms with van der Waals surface area (Å²) >= 11 is 6.25. The average Bonchev–Trinajstić information content (AvgIpc) is 2.77. The predicted octanol–water partition coefficient (Wildman–Crippen LogP) is 6.19. The second-order valence-corrected chi connectivity index (χ2v) is 14.6. The number of carbonyl (C=O) groups is 2. The molecule has 7 nitrogen and oxygen atoms in total. The van der Waals surface area contributed by atoms with Crippen LogP contribution in [0.3, 0.4) is 0 Å². The van der Waals surface area contributed by atoms with E-state index in [1.54, 1.807) is 0 Å². The SMILES string of the molecule is O=C(Oc1c(I)cc(I)cc1I)C1CCC2CC(C(=O)OC(CS(=O)(=O)[O-])(C(F)(F)F)C(F)(F)F)CCC2C1. The molecular formula is C22H20F6I3O7S-. The van der Waals surface area contributed by atoms with Crippen molar-refractivity contribution in [1.29, 1.82) is 0 Å². The summed E-state index contributed by atoms with van der Waals surface area (Å²) in [6.07, 6.45) is -11.7. The molecule has 0 saturated heterocycles. The first-order valence-corrected chi connectivity index (χ1v) is 16.2. The van der Waals surface area contributed by atoms with Gasteiger partial charge in [-0.05, 0) is 130 Å². The molecular weight excluding hydrogens is 903 g/mol. The third-order valence-corrected chi connectivity index (χ3v) is 10.0. The Morgan fingerprint density at radius 2 is 1.28 bits per heavy atom. The fourth-order valence-electron chi connectivity index (χ4n) is 5.10. The van der Waals surface area contributed by atoms with Gasteiger partial charge in [0.05, 0.1) is 34.8 Å². The molecule has 2 saturated carbocycles. The number of hydrogen-bond donors (Lipinski definition) is 0. The van der Waals surface area contributed by atoms with E-state index >= 15 is 0 Å². The molecule has 4 unspecified atom stereocenters. The highest BCUT2D eigenvalue weighted by molar-refractivity contribution is 14.1. The van der Waals surface area contributed by atoms with E-state index in [1.807, 2.05) is 12.1 Å². The molecule has 220 valence electrons. The van der Waals surface area contributed by atoms with Crippen molar-refractivity contribution < 1.29 is 58.4 Å². The van der Waals surface area contributed by atoms with Crippen LogP contribution in [0.1, 0.15) is 38.5 Å². The van der Waals surface area contributed by atoms with E-state index in [0.29, 0.717) is 25.0 Å². The van der Waals surface area contributed by atoms with Gasteiger partial charge in [0.2, 0.25) is 0 Å². The molecule has 0 radical (unpaired) electrons. The van der Waals surface area contributed by atoms with Gasteiger partial charge < -0.3 is 14.0 Å². The average molecular weight is 923 g/mol. The number of rotatable bonds is 6. The van der Waals surface area contributed by atoms with Crippen LogP contribution < -0.4 is 4.74 Å². The van der Waals surface area contributed by atoms with E-state index < -0.39 is 57.6 Å². The number of benzene rings is 1. The molecule has 0 aliphatic heterocycles. The van der Waals surface area contributed by atoms with Gasteiger partial charge >= 0.3 is 29.9 Å². The van der Waals surface area contributed by atoms with Crippen molar-refractivity contribution in [3.63, 3.8) is 0 Å². The van der Waals surface area contributed by atoms with Gasteiger partial charge in [-0.2, -0.15) is 26.3 Å². The van der Waals surface area contributed by atoms with E-state index in [1.165, 1.54) is 0 Å². The predicted molar refractivity (Wildman–Crippen MR) is 147 cm³/mol. The highest BCUT2D eigenvalue weighted by atomic mass is 127. The highest BCUT2D eigenvalue weighted by Gasteiger charge is 2.75. The second-order valence-electron chi connectivity index (χ2n) is 9.61. The van der Waals surface area contributed by atoms with Gasteiger partial charge in [0.15, 0.2) is 5.75 Å². The summed E-state index contributed by atoms with van der Waals surface area (Å²) in [4.78, 5) is 25.4. The number of alkyl halides is 6. The molecule has 2 aliphatic carbocycles. The Hall–Kier alpha value is -0.160. The summed E-state index contributed by atoms with van der Waals surface area (Å²) in [6.45, 7) is 0. The summed E-state index contributed by atoms with van der Waals surface area (Å²) in [5.74, 6) is -7.09. The van der Waals surface area contributed by atoms with Crippen molar-refractivity contribution in [2.24, 2.45) is 23.7 Å². The monoisotopic (exact) mass is 923 g/mol. The zero-order valence-corrected chi connectivity index (χ0v) is 26.9. The molecule has 0 aromatic heterocycles. The Balaban J connectivity index is 1.68. The summed E-state index contributed by atoms with van der Waals surface area (Å²) in [7, 11) is -6.10. The molecule has 0 bridgehead atoms. The van der Waals surface area contributed by atoms with Crippen LogP contribution in [0.25, 0.3) is 0 Å². The van der Waals surface area contributed by atoms with E-state index in [-0.39, 0.29) is 31.1 Å². The minimum atomic E-state index is -6.40. The molecule has 39 heavy (non-hydrogen) atoms. The standard InChI is InChI=1S/C22H21F6I3O7S/c23-21(24,25)20(22(26,27)28,9-39(34,35)36)38-19(33)13-4-2-10-5-12(3-1-11(10)6-13)18(32)37-17-15(30)7-14(29)8-16(17)31/h7-8,10-13H,1-6,9H2,(H,34,35,36)/p-1. The summed E-state index contributed by atoms with van der Waals surface area (Å²) in [5.41, 5.74) is -5.47. The van der Waals surface area contributed by atoms with Crippen molar-refractivity contribution >= 4 is 89.8 Å². The molecule has 2 fully saturated rings. The first-order chi connectivity index (χ1) is 17.7. The topological polar surface area (TPSA) is 110 Å². The number of halogens is 9. The summed E-state index contributed by atoms with van der Waals surface area (Å²) < 4.78 is 126. The molecule has 2 aliphatic rings. The van der Waals surface area contributed by atoms with Crippen LogP contribution in [0.15, 0.2) is 12.1 Å². The lowest BCUT2D eigenvalue weighted by atomic mass is 9.65. The first kappa shape index (κ1) is 33.3. The number of ether oxygens (including phenoxy) is 2. The molecule has 0 N–H and O–H groups in total. The van der Waals surface area contributed by atoms with E-state index in [4.69, 9.17) is 4.74 Å². The van der Waals surface area contributed by atoms with Gasteiger partial charge in [0.25, 0.3) is 0 Å². The minimum Gasteiger partial charge on any atom is -0.748 e. The van der Waals surface area contributed by atoms with Crippen LogP contribution in [0.5, 0.6) is 5.75 Å². The van der Waals surface area contributed by atoms with Crippen molar-refractivity contribution in [3.05, 3.63) is 22.8 Å². The van der Waals surface area contributed by atoms with Crippen molar-refractivity contribution in [2.75, 3.05) is 5.75 Å². The number of fused-ring (bicyclic) bond motifs is 1. The normalized spacial score (nSPS) is 24.6. The number of carbonyl (C=O) groups excluding carboxylic acids is 2. The minimum absolute atomic E-state index is 0.0892. The van der Waals surface area contributed by atoms with Gasteiger partial charge in [0.1, 0.15) is 0 Å². The van der Waals surface area contributed by atoms with Crippen LogP contribution in [0.4, 0.5) is 26.3 Å². The van der Waals surface area contributed by atoms with E-state index in [9.17, 15) is 48.9 Å². The molecule has 1 aromatic carbocycles. The molecule has 17 heteroatoms. The van der Waals surface area contributed by atoms with Gasteiger partial charge in [-0.25, -0.2) is 8.42 Å². The van der Waals surface area contributed by atoms with Crippen molar-refractivity contribution in [3.8, 4) is 5.75 Å². The lowest BCUT2D eigenvalue weighted by Crippen LogP contribution is -2.64. The molecule has 0 spiro atoms. The van der Waals surface area contributed by atoms with Gasteiger partial charge in [-0.3, -0.25) is 9.59 Å². The number of esters is 2. The van der Waals surface area contributed by atoms with Crippen molar-refractivity contribution in [1.82, 2.24) is 0 Å². The van der Waals surface area contributed by atoms with Crippen LogP contribution in [0.2, 0.25) is 0 Å². The Kier molecular flexibility index (Phi) is 10.4. The fourth-order valence-corrected chi connectivity index (χ4v) is 9.79. The second kappa shape index (κ2) is 12.2. The van der Waals surface area contributed by atoms with Gasteiger partial charge in [-0.15, -0.1) is 0 Å². The zero-order valence-electron chi connectivity index (χ0n) is 19.6. The summed E-state index contributed by atoms with van der Waals surface area (Å²) in [5, 5.41) is 0. The van der Waals surface area contributed by atoms with Crippen LogP contribution in [0, 0.1) is 34.4 Å². The maximum absolute atomic E-state index is 13.5. The Morgan fingerprint density at radius 3 is 1.69 bits per heavy atom. The highest BCUT2D eigenvalue weighted by Crippen LogP contribution is 2.49. The Morgan fingerprint density at radius 1 is 0.846 bits per heavy atom. The van der Waals surface area contributed by atoms with Gasteiger partial charge in [-0.1, -0.05) is 0 Å². The van der Waals surface area contributed by atoms with Crippen LogP contribution >= 0.6 is 67.8 Å². The van der Waals surface area contributed by atoms with Crippen molar-refractivity contribution in [2.45, 2.75) is 56.5 Å². The zero-order chi connectivity index (χ0) is 29.6. The lowest BCUT2D eigenvalue weighted by Gasteiger charge is -2.42. The smallest absolute Gasteiger partial charge is 0.438 e. The lowest BCUT2D eigenvalue weighted by molar-refractivity contribution is -0.362. The molecule has 0 amide bonds. The maximum Gasteiger partial charge on any atom is 0.438 e. The molecule has 1 aromatic rings. The van der Waals surface area contributed by atoms with Crippen LogP contribution in [-0.4, -0.2) is 48.6 Å². The Bertz CT molecular complexity index is 1180. The molecule has 3 rings (SSSR count). The van der Waals surface area contributed by atoms with E-state index in [2.05, 4.69) is 72.5 Å². The maximum atomic E-state index is 13.5. The summed E-state index contributed by atoms with van der Waals surface area (Å²) in [6, 6.07) is 3.70. The number of hydrogen-bond acceptors (Lipinski definition) is 7.